The minimum absolute atomic E-state index is 0.0825. The molecule has 0 saturated heterocycles. The van der Waals surface area contributed by atoms with Crippen LogP contribution in [0.5, 0.6) is 0 Å². The lowest BCUT2D eigenvalue weighted by Gasteiger charge is -2.15. The summed E-state index contributed by atoms with van der Waals surface area (Å²) in [6, 6.07) is 0. The molecule has 0 aliphatic heterocycles. The Kier molecular flexibility index (Phi) is 55.5. The fourth-order valence-corrected chi connectivity index (χ4v) is 7.38. The Bertz CT molecular complexity index is 1510. The second kappa shape index (κ2) is 59.1. The molecule has 0 aromatic heterocycles. The summed E-state index contributed by atoms with van der Waals surface area (Å²) in [6.45, 7) is 3.98. The molecule has 0 aromatic rings. The molecule has 0 aliphatic rings. The number of rotatable bonds is 50. The van der Waals surface area contributed by atoms with Gasteiger partial charge in [0.05, 0.1) is 6.61 Å². The first-order chi connectivity index (χ1) is 34.6. The third-order valence-corrected chi connectivity index (χ3v) is 11.6. The first kappa shape index (κ1) is 65.8. The molecule has 1 atom stereocenters. The summed E-state index contributed by atoms with van der Waals surface area (Å²) in [5.74, 6) is -0.620. The largest absolute Gasteiger partial charge is 0.462 e. The van der Waals surface area contributed by atoms with Crippen LogP contribution in [-0.2, 0) is 19.1 Å². The van der Waals surface area contributed by atoms with E-state index in [9.17, 15) is 14.7 Å². The van der Waals surface area contributed by atoms with Gasteiger partial charge in [0.15, 0.2) is 6.10 Å². The van der Waals surface area contributed by atoms with E-state index in [1.54, 1.807) is 0 Å². The van der Waals surface area contributed by atoms with Crippen molar-refractivity contribution in [1.29, 1.82) is 0 Å². The van der Waals surface area contributed by atoms with Crippen molar-refractivity contribution in [2.24, 2.45) is 0 Å². The van der Waals surface area contributed by atoms with Gasteiger partial charge in [0.2, 0.25) is 0 Å². The number of aliphatic hydroxyl groups excluding tert-OH is 1. The summed E-state index contributed by atoms with van der Waals surface area (Å²) < 4.78 is 10.7. The smallest absolute Gasteiger partial charge is 0.306 e. The quantitative estimate of drug-likeness (QED) is 0.0374. The molecule has 1 N–H and O–H groups in total. The zero-order valence-corrected chi connectivity index (χ0v) is 45.0. The Morgan fingerprint density at radius 3 is 0.929 bits per heavy atom. The average molecular weight is 966 g/mol. The highest BCUT2D eigenvalue weighted by atomic mass is 16.6. The van der Waals surface area contributed by atoms with Crippen molar-refractivity contribution in [3.05, 3.63) is 146 Å². The van der Waals surface area contributed by atoms with Crippen LogP contribution >= 0.6 is 0 Å². The Labute approximate surface area is 431 Å². The minimum atomic E-state index is -0.793. The van der Waals surface area contributed by atoms with Gasteiger partial charge in [-0.15, -0.1) is 0 Å². The molecule has 0 amide bonds. The fraction of sp³-hybridized carbons (Fsp3) is 0.600. The van der Waals surface area contributed by atoms with Crippen LogP contribution in [-0.4, -0.2) is 36.4 Å². The van der Waals surface area contributed by atoms with Gasteiger partial charge < -0.3 is 14.6 Å². The number of aliphatic hydroxyl groups is 1. The van der Waals surface area contributed by atoms with Crippen LogP contribution in [0.2, 0.25) is 0 Å². The molecule has 0 aliphatic carbocycles. The summed E-state index contributed by atoms with van der Waals surface area (Å²) in [7, 11) is 0. The van der Waals surface area contributed by atoms with Crippen LogP contribution in [0.25, 0.3) is 0 Å². The van der Waals surface area contributed by atoms with E-state index in [-0.39, 0.29) is 25.2 Å². The van der Waals surface area contributed by atoms with Crippen molar-refractivity contribution in [3.8, 4) is 0 Å². The van der Waals surface area contributed by atoms with Crippen LogP contribution in [0.1, 0.15) is 232 Å². The van der Waals surface area contributed by atoms with E-state index in [0.717, 1.165) is 122 Å². The molecule has 0 spiro atoms. The van der Waals surface area contributed by atoms with Crippen molar-refractivity contribution in [3.63, 3.8) is 0 Å². The maximum absolute atomic E-state index is 12.3. The number of esters is 2. The van der Waals surface area contributed by atoms with Gasteiger partial charge in [-0.25, -0.2) is 0 Å². The second-order valence-corrected chi connectivity index (χ2v) is 18.3. The lowest BCUT2D eigenvalue weighted by molar-refractivity contribution is -0.161. The van der Waals surface area contributed by atoms with Crippen molar-refractivity contribution in [2.75, 3.05) is 13.2 Å². The maximum Gasteiger partial charge on any atom is 0.306 e. The first-order valence-corrected chi connectivity index (χ1v) is 28.4. The minimum Gasteiger partial charge on any atom is -0.462 e. The van der Waals surface area contributed by atoms with Crippen molar-refractivity contribution >= 4 is 11.9 Å². The predicted molar refractivity (Wildman–Crippen MR) is 306 cm³/mol. The molecule has 5 heteroatoms. The molecule has 0 heterocycles. The van der Waals surface area contributed by atoms with Crippen LogP contribution < -0.4 is 0 Å². The van der Waals surface area contributed by atoms with Crippen molar-refractivity contribution in [2.45, 2.75) is 238 Å². The fourth-order valence-electron chi connectivity index (χ4n) is 7.38. The maximum atomic E-state index is 12.3. The molecule has 394 valence electrons. The molecule has 1 unspecified atom stereocenters. The molecular weight excluding hydrogens is 861 g/mol. The Balaban J connectivity index is 3.64. The number of unbranched alkanes of at least 4 members (excludes halogenated alkanes) is 18. The van der Waals surface area contributed by atoms with Crippen LogP contribution in [0.4, 0.5) is 0 Å². The second-order valence-electron chi connectivity index (χ2n) is 18.3. The van der Waals surface area contributed by atoms with Gasteiger partial charge in [-0.2, -0.15) is 0 Å². The third-order valence-electron chi connectivity index (χ3n) is 11.6. The van der Waals surface area contributed by atoms with Crippen LogP contribution in [0.15, 0.2) is 146 Å². The Hall–Kier alpha value is -4.22. The SMILES string of the molecule is CC/C=C\C/C=C\C/C=C\C/C=C\C/C=C\C/C=C\C/C=C\C/C=C\C/C=C\C/C=C\CCCCCCCCC(=O)OC(CO)COC(=O)CCCCCCCCCCC/C=C\C/C=C\CCCCC. The van der Waals surface area contributed by atoms with Gasteiger partial charge in [-0.1, -0.05) is 243 Å². The molecule has 0 aromatic carbocycles. The van der Waals surface area contributed by atoms with Gasteiger partial charge in [-0.05, 0) is 122 Å². The lowest BCUT2D eigenvalue weighted by atomic mass is 10.1. The highest BCUT2D eigenvalue weighted by Gasteiger charge is 2.16. The van der Waals surface area contributed by atoms with Crippen molar-refractivity contribution < 1.29 is 24.2 Å². The molecule has 0 rings (SSSR count). The first-order valence-electron chi connectivity index (χ1n) is 28.4. The Morgan fingerprint density at radius 2 is 0.614 bits per heavy atom. The highest BCUT2D eigenvalue weighted by molar-refractivity contribution is 5.70. The van der Waals surface area contributed by atoms with Gasteiger partial charge in [0.1, 0.15) is 6.61 Å². The number of hydrogen-bond donors (Lipinski definition) is 1. The lowest BCUT2D eigenvalue weighted by Crippen LogP contribution is -2.28. The molecule has 70 heavy (non-hydrogen) atoms. The van der Waals surface area contributed by atoms with Crippen LogP contribution in [0.3, 0.4) is 0 Å². The summed E-state index contributed by atoms with van der Waals surface area (Å²) in [4.78, 5) is 24.5. The molecule has 5 nitrogen and oxygen atoms in total. The van der Waals surface area contributed by atoms with E-state index < -0.39 is 6.10 Å². The summed E-state index contributed by atoms with van der Waals surface area (Å²) >= 11 is 0. The number of carbonyl (C=O) groups excluding carboxylic acids is 2. The monoisotopic (exact) mass is 965 g/mol. The van der Waals surface area contributed by atoms with E-state index in [4.69, 9.17) is 9.47 Å². The normalized spacial score (nSPS) is 13.4. The zero-order valence-electron chi connectivity index (χ0n) is 45.0. The van der Waals surface area contributed by atoms with Crippen molar-refractivity contribution in [1.82, 2.24) is 0 Å². The van der Waals surface area contributed by atoms with E-state index in [2.05, 4.69) is 160 Å². The van der Waals surface area contributed by atoms with Gasteiger partial charge in [-0.3, -0.25) is 9.59 Å². The topological polar surface area (TPSA) is 72.8 Å². The predicted octanol–water partition coefficient (Wildman–Crippen LogP) is 19.4. The van der Waals surface area contributed by atoms with Gasteiger partial charge >= 0.3 is 11.9 Å². The van der Waals surface area contributed by atoms with Gasteiger partial charge in [0.25, 0.3) is 0 Å². The van der Waals surface area contributed by atoms with Gasteiger partial charge in [0, 0.05) is 12.8 Å². The van der Waals surface area contributed by atoms with E-state index in [1.807, 2.05) is 0 Å². The number of carbonyl (C=O) groups is 2. The molecule has 0 radical (unpaired) electrons. The molecule has 0 saturated carbocycles. The number of ether oxygens (including phenoxy) is 2. The molecule has 0 fully saturated rings. The van der Waals surface area contributed by atoms with E-state index in [1.165, 1.54) is 83.5 Å². The Morgan fingerprint density at radius 1 is 0.343 bits per heavy atom. The van der Waals surface area contributed by atoms with E-state index >= 15 is 0 Å². The number of hydrogen-bond acceptors (Lipinski definition) is 5. The molecular formula is C65H104O5. The summed E-state index contributed by atoms with van der Waals surface area (Å²) in [5, 5.41) is 9.64. The summed E-state index contributed by atoms with van der Waals surface area (Å²) in [5.41, 5.74) is 0. The van der Waals surface area contributed by atoms with E-state index in [0.29, 0.717) is 12.8 Å². The van der Waals surface area contributed by atoms with Crippen LogP contribution in [0, 0.1) is 0 Å². The standard InChI is InChI=1S/C65H104O5/c1-3-5-7-9-11-13-15-17-19-21-23-24-25-26-27-28-29-30-31-32-33-34-35-36-37-38-39-40-42-44-46-48-50-52-54-56-58-60-65(68)70-63(61-66)62-69-64(67)59-57-55-53-51-49-47-45-43-41-22-20-18-16-14-12-10-8-6-4-2/h5,7,11-14,17-20,23-24,26-27,29-30,32-33,35-36,38-39,42,44,63,66H,3-4,6,8-10,15-16,21-22,25,28,31,34,37,40-41,43,45-62H2,1-2H3/b7-5-,13-11-,14-12-,19-17-,20-18-,24-23-,27-26-,30-29-,33-32-,36-35-,39-38-,44-42-. The summed E-state index contributed by atoms with van der Waals surface area (Å²) in [6.07, 6.45) is 89.5. The zero-order chi connectivity index (χ0) is 50.6. The number of allylic oxidation sites excluding steroid dienone is 24. The third kappa shape index (κ3) is 56.4. The average Bonchev–Trinajstić information content (AvgIpc) is 3.36. The molecule has 0 bridgehead atoms. The highest BCUT2D eigenvalue weighted by Crippen LogP contribution is 2.14.